The second kappa shape index (κ2) is 5.17. The fraction of sp³-hybridized carbons (Fsp3) is 0.538. The standard InChI is InChI=1S/C13H18N2O2/c1-10-12(13(16)17)15(9-14-10)8-7-11-5-3-2-4-6-11/h5,9H,2-4,6-8H2,1H3,(H,16,17). The normalized spacial score (nSPS) is 15.7. The summed E-state index contributed by atoms with van der Waals surface area (Å²) < 4.78 is 1.74. The highest BCUT2D eigenvalue weighted by atomic mass is 16.4. The maximum Gasteiger partial charge on any atom is 0.354 e. The average Bonchev–Trinajstić information content (AvgIpc) is 2.69. The molecule has 17 heavy (non-hydrogen) atoms. The molecule has 4 nitrogen and oxygen atoms in total. The minimum atomic E-state index is -0.891. The molecule has 1 aromatic heterocycles. The van der Waals surface area contributed by atoms with Crippen LogP contribution in [0.5, 0.6) is 0 Å². The second-order valence-corrected chi connectivity index (χ2v) is 4.54. The Balaban J connectivity index is 2.03. The molecule has 0 bridgehead atoms. The fourth-order valence-electron chi connectivity index (χ4n) is 2.33. The summed E-state index contributed by atoms with van der Waals surface area (Å²) in [6.45, 7) is 2.45. The van der Waals surface area contributed by atoms with Crippen LogP contribution in [0.2, 0.25) is 0 Å². The molecule has 0 radical (unpaired) electrons. The van der Waals surface area contributed by atoms with Gasteiger partial charge < -0.3 is 9.67 Å². The Morgan fingerprint density at radius 1 is 1.53 bits per heavy atom. The zero-order valence-corrected chi connectivity index (χ0v) is 10.1. The van der Waals surface area contributed by atoms with Gasteiger partial charge in [0.1, 0.15) is 5.69 Å². The van der Waals surface area contributed by atoms with E-state index in [1.165, 1.54) is 24.8 Å². The highest BCUT2D eigenvalue weighted by molar-refractivity contribution is 5.86. The highest BCUT2D eigenvalue weighted by Gasteiger charge is 2.14. The Kier molecular flexibility index (Phi) is 3.61. The minimum Gasteiger partial charge on any atom is -0.477 e. The zero-order chi connectivity index (χ0) is 12.3. The van der Waals surface area contributed by atoms with Gasteiger partial charge in [-0.25, -0.2) is 9.78 Å². The van der Waals surface area contributed by atoms with Crippen LogP contribution in [0.25, 0.3) is 0 Å². The number of hydrogen-bond donors (Lipinski definition) is 1. The summed E-state index contributed by atoms with van der Waals surface area (Å²) in [6, 6.07) is 0. The third kappa shape index (κ3) is 2.75. The zero-order valence-electron chi connectivity index (χ0n) is 10.1. The first-order valence-electron chi connectivity index (χ1n) is 6.11. The first-order valence-corrected chi connectivity index (χ1v) is 6.11. The van der Waals surface area contributed by atoms with Gasteiger partial charge >= 0.3 is 5.97 Å². The lowest BCUT2D eigenvalue weighted by Crippen LogP contribution is -2.10. The summed E-state index contributed by atoms with van der Waals surface area (Å²) in [4.78, 5) is 15.1. The van der Waals surface area contributed by atoms with E-state index in [4.69, 9.17) is 5.11 Å². The van der Waals surface area contributed by atoms with Gasteiger partial charge in [0.2, 0.25) is 0 Å². The molecule has 0 spiro atoms. The first-order chi connectivity index (χ1) is 8.18. The van der Waals surface area contributed by atoms with Crippen LogP contribution < -0.4 is 0 Å². The van der Waals surface area contributed by atoms with Crippen LogP contribution in [0.1, 0.15) is 48.3 Å². The van der Waals surface area contributed by atoms with Crippen LogP contribution in [-0.2, 0) is 6.54 Å². The summed E-state index contributed by atoms with van der Waals surface area (Å²) in [5.74, 6) is -0.891. The molecule has 1 aliphatic rings. The van der Waals surface area contributed by atoms with Crippen molar-refractivity contribution in [1.29, 1.82) is 0 Å². The molecule has 0 amide bonds. The van der Waals surface area contributed by atoms with Gasteiger partial charge in [0.05, 0.1) is 12.0 Å². The van der Waals surface area contributed by atoms with Crippen molar-refractivity contribution < 1.29 is 9.90 Å². The van der Waals surface area contributed by atoms with E-state index in [-0.39, 0.29) is 0 Å². The van der Waals surface area contributed by atoms with Crippen molar-refractivity contribution in [3.63, 3.8) is 0 Å². The molecule has 0 fully saturated rings. The van der Waals surface area contributed by atoms with Crippen molar-refractivity contribution in [3.8, 4) is 0 Å². The quantitative estimate of drug-likeness (QED) is 0.815. The van der Waals surface area contributed by atoms with Gasteiger partial charge in [-0.15, -0.1) is 0 Å². The molecule has 0 atom stereocenters. The molecule has 92 valence electrons. The molecule has 0 aromatic carbocycles. The van der Waals surface area contributed by atoms with Crippen molar-refractivity contribution in [3.05, 3.63) is 29.4 Å². The molecule has 2 rings (SSSR count). The van der Waals surface area contributed by atoms with E-state index in [9.17, 15) is 4.79 Å². The Hall–Kier alpha value is -1.58. The monoisotopic (exact) mass is 234 g/mol. The van der Waals surface area contributed by atoms with Crippen molar-refractivity contribution in [2.24, 2.45) is 0 Å². The van der Waals surface area contributed by atoms with E-state index in [1.54, 1.807) is 17.8 Å². The Morgan fingerprint density at radius 2 is 2.35 bits per heavy atom. The molecule has 1 N–H and O–H groups in total. The number of aromatic carboxylic acids is 1. The van der Waals surface area contributed by atoms with E-state index < -0.39 is 5.97 Å². The van der Waals surface area contributed by atoms with E-state index >= 15 is 0 Å². The van der Waals surface area contributed by atoms with Crippen molar-refractivity contribution in [2.45, 2.75) is 45.6 Å². The third-order valence-electron chi connectivity index (χ3n) is 3.28. The third-order valence-corrected chi connectivity index (χ3v) is 3.28. The Bertz CT molecular complexity index is 446. The number of aromatic nitrogens is 2. The minimum absolute atomic E-state index is 0.321. The molecule has 0 aliphatic heterocycles. The summed E-state index contributed by atoms with van der Waals surface area (Å²) in [5.41, 5.74) is 2.37. The lowest BCUT2D eigenvalue weighted by atomic mass is 9.97. The Morgan fingerprint density at radius 3 is 3.00 bits per heavy atom. The van der Waals surface area contributed by atoms with Gasteiger partial charge in [0, 0.05) is 6.54 Å². The molecule has 0 saturated heterocycles. The molecule has 0 saturated carbocycles. The number of carboxylic acid groups (broad SMARTS) is 1. The van der Waals surface area contributed by atoms with Crippen molar-refractivity contribution in [1.82, 2.24) is 9.55 Å². The number of aryl methyl sites for hydroxylation is 2. The van der Waals surface area contributed by atoms with Crippen molar-refractivity contribution in [2.75, 3.05) is 0 Å². The topological polar surface area (TPSA) is 55.1 Å². The van der Waals surface area contributed by atoms with Gasteiger partial charge in [0.25, 0.3) is 0 Å². The summed E-state index contributed by atoms with van der Waals surface area (Å²) in [7, 11) is 0. The number of hydrogen-bond acceptors (Lipinski definition) is 2. The van der Waals surface area contributed by atoms with E-state index in [0.29, 0.717) is 17.9 Å². The summed E-state index contributed by atoms with van der Waals surface area (Å²) in [5, 5.41) is 9.10. The number of carbonyl (C=O) groups is 1. The lowest BCUT2D eigenvalue weighted by molar-refractivity contribution is 0.0684. The largest absolute Gasteiger partial charge is 0.477 e. The molecule has 1 aliphatic carbocycles. The summed E-state index contributed by atoms with van der Waals surface area (Å²) >= 11 is 0. The van der Waals surface area contributed by atoms with Crippen LogP contribution in [0.15, 0.2) is 18.0 Å². The van der Waals surface area contributed by atoms with Gasteiger partial charge in [-0.2, -0.15) is 0 Å². The Labute approximate surface area is 101 Å². The van der Waals surface area contributed by atoms with E-state index in [2.05, 4.69) is 11.1 Å². The maximum absolute atomic E-state index is 11.1. The molecular weight excluding hydrogens is 216 g/mol. The predicted molar refractivity (Wildman–Crippen MR) is 65.1 cm³/mol. The summed E-state index contributed by atoms with van der Waals surface area (Å²) in [6.07, 6.45) is 9.75. The smallest absolute Gasteiger partial charge is 0.354 e. The van der Waals surface area contributed by atoms with Gasteiger partial charge in [-0.3, -0.25) is 0 Å². The van der Waals surface area contributed by atoms with Crippen LogP contribution >= 0.6 is 0 Å². The molecule has 4 heteroatoms. The lowest BCUT2D eigenvalue weighted by Gasteiger charge is -2.13. The van der Waals surface area contributed by atoms with Gasteiger partial charge in [0.15, 0.2) is 0 Å². The molecular formula is C13H18N2O2. The number of allylic oxidation sites excluding steroid dienone is 2. The SMILES string of the molecule is Cc1ncn(CCC2=CCCCC2)c1C(=O)O. The number of carboxylic acids is 1. The first kappa shape index (κ1) is 11.9. The van der Waals surface area contributed by atoms with Gasteiger partial charge in [-0.1, -0.05) is 11.6 Å². The van der Waals surface area contributed by atoms with E-state index in [1.807, 2.05) is 0 Å². The van der Waals surface area contributed by atoms with Gasteiger partial charge in [-0.05, 0) is 39.0 Å². The molecule has 0 unspecified atom stereocenters. The highest BCUT2D eigenvalue weighted by Crippen LogP contribution is 2.21. The number of rotatable bonds is 4. The second-order valence-electron chi connectivity index (χ2n) is 4.54. The maximum atomic E-state index is 11.1. The fourth-order valence-corrected chi connectivity index (χ4v) is 2.33. The number of imidazole rings is 1. The van der Waals surface area contributed by atoms with Crippen LogP contribution in [0, 0.1) is 6.92 Å². The average molecular weight is 234 g/mol. The van der Waals surface area contributed by atoms with E-state index in [0.717, 1.165) is 12.8 Å². The predicted octanol–water partition coefficient (Wildman–Crippen LogP) is 2.78. The van der Waals surface area contributed by atoms with Crippen LogP contribution in [0.3, 0.4) is 0 Å². The molecule has 1 aromatic rings. The van der Waals surface area contributed by atoms with Crippen molar-refractivity contribution >= 4 is 5.97 Å². The van der Waals surface area contributed by atoms with Crippen LogP contribution in [0.4, 0.5) is 0 Å². The molecule has 1 heterocycles. The van der Waals surface area contributed by atoms with Crippen LogP contribution in [-0.4, -0.2) is 20.6 Å². The number of nitrogens with zero attached hydrogens (tertiary/aromatic N) is 2.